The summed E-state index contributed by atoms with van der Waals surface area (Å²) in [6, 6.07) is 10.1. The monoisotopic (exact) mass is 316 g/mol. The molecule has 1 unspecified atom stereocenters. The molecule has 0 bridgehead atoms. The van der Waals surface area contributed by atoms with Crippen LogP contribution in [0.5, 0.6) is 0 Å². The molecular weight excluding hydrogens is 288 g/mol. The van der Waals surface area contributed by atoms with Crippen molar-refractivity contribution in [3.8, 4) is 0 Å². The Bertz CT molecular complexity index is 513. The van der Waals surface area contributed by atoms with Gasteiger partial charge in [0.25, 0.3) is 0 Å². The lowest BCUT2D eigenvalue weighted by Gasteiger charge is -2.24. The van der Waals surface area contributed by atoms with Crippen LogP contribution >= 0.6 is 0 Å². The molecule has 4 heteroatoms. The zero-order chi connectivity index (χ0) is 16.7. The van der Waals surface area contributed by atoms with E-state index >= 15 is 0 Å². The number of likely N-dealkylation sites (tertiary alicyclic amines) is 1. The van der Waals surface area contributed by atoms with Crippen molar-refractivity contribution in [2.45, 2.75) is 52.0 Å². The summed E-state index contributed by atoms with van der Waals surface area (Å²) in [4.78, 5) is 26.1. The van der Waals surface area contributed by atoms with Gasteiger partial charge in [-0.2, -0.15) is 0 Å². The fourth-order valence-electron chi connectivity index (χ4n) is 3.05. The van der Waals surface area contributed by atoms with E-state index in [1.54, 1.807) is 0 Å². The molecule has 0 spiro atoms. The molecule has 0 radical (unpaired) electrons. The van der Waals surface area contributed by atoms with E-state index in [1.165, 1.54) is 0 Å². The summed E-state index contributed by atoms with van der Waals surface area (Å²) in [6.45, 7) is 5.54. The fraction of sp³-hybridized carbons (Fsp3) is 0.579. The highest BCUT2D eigenvalue weighted by Crippen LogP contribution is 2.21. The molecule has 1 saturated heterocycles. The van der Waals surface area contributed by atoms with Crippen molar-refractivity contribution in [3.05, 3.63) is 35.9 Å². The van der Waals surface area contributed by atoms with Gasteiger partial charge in [-0.25, -0.2) is 0 Å². The molecule has 1 heterocycles. The standard InChI is InChI=1S/C19H28N2O2/c1-15(2)19(16-9-5-3-6-10-16)20-17(22)12-14-21-13-8-4-7-11-18(21)23/h3,5-6,9-10,15,19H,4,7-8,11-14H2,1-2H3,(H,20,22). The molecule has 1 fully saturated rings. The number of carbonyl (C=O) groups excluding carboxylic acids is 2. The van der Waals surface area contributed by atoms with Gasteiger partial charge in [-0.1, -0.05) is 50.6 Å². The van der Waals surface area contributed by atoms with E-state index in [-0.39, 0.29) is 17.9 Å². The molecule has 1 N–H and O–H groups in total. The number of benzene rings is 1. The number of nitrogens with zero attached hydrogens (tertiary/aromatic N) is 1. The van der Waals surface area contributed by atoms with Gasteiger partial charge in [0.1, 0.15) is 0 Å². The Morgan fingerprint density at radius 2 is 1.91 bits per heavy atom. The minimum Gasteiger partial charge on any atom is -0.349 e. The second kappa shape index (κ2) is 8.70. The van der Waals surface area contributed by atoms with Crippen molar-refractivity contribution in [2.75, 3.05) is 13.1 Å². The summed E-state index contributed by atoms with van der Waals surface area (Å²) in [5, 5.41) is 3.13. The van der Waals surface area contributed by atoms with Crippen LogP contribution in [0.2, 0.25) is 0 Å². The van der Waals surface area contributed by atoms with E-state index < -0.39 is 0 Å². The Labute approximate surface area is 139 Å². The number of amides is 2. The summed E-state index contributed by atoms with van der Waals surface area (Å²) < 4.78 is 0. The molecular formula is C19H28N2O2. The molecule has 0 aliphatic carbocycles. The Morgan fingerprint density at radius 1 is 1.17 bits per heavy atom. The van der Waals surface area contributed by atoms with Gasteiger partial charge < -0.3 is 10.2 Å². The SMILES string of the molecule is CC(C)C(NC(=O)CCN1CCCCCC1=O)c1ccccc1. The Balaban J connectivity index is 1.88. The maximum absolute atomic E-state index is 12.3. The van der Waals surface area contributed by atoms with Crippen molar-refractivity contribution in [2.24, 2.45) is 5.92 Å². The highest BCUT2D eigenvalue weighted by Gasteiger charge is 2.20. The molecule has 126 valence electrons. The topological polar surface area (TPSA) is 49.4 Å². The summed E-state index contributed by atoms with van der Waals surface area (Å²) in [5.74, 6) is 0.532. The van der Waals surface area contributed by atoms with Crippen LogP contribution in [0, 0.1) is 5.92 Å². The maximum atomic E-state index is 12.3. The summed E-state index contributed by atoms with van der Waals surface area (Å²) >= 11 is 0. The number of carbonyl (C=O) groups is 2. The van der Waals surface area contributed by atoms with Gasteiger partial charge in [-0.05, 0) is 24.3 Å². The highest BCUT2D eigenvalue weighted by molar-refractivity contribution is 5.79. The van der Waals surface area contributed by atoms with Gasteiger partial charge >= 0.3 is 0 Å². The average molecular weight is 316 g/mol. The third kappa shape index (κ3) is 5.38. The summed E-state index contributed by atoms with van der Waals surface area (Å²) in [6.07, 6.45) is 4.14. The lowest BCUT2D eigenvalue weighted by Crippen LogP contribution is -2.37. The van der Waals surface area contributed by atoms with Crippen LogP contribution in [0.4, 0.5) is 0 Å². The van der Waals surface area contributed by atoms with Crippen molar-refractivity contribution < 1.29 is 9.59 Å². The predicted molar refractivity (Wildman–Crippen MR) is 91.8 cm³/mol. The Kier molecular flexibility index (Phi) is 6.63. The first kappa shape index (κ1) is 17.5. The third-order valence-electron chi connectivity index (χ3n) is 4.42. The Hall–Kier alpha value is -1.84. The van der Waals surface area contributed by atoms with Crippen LogP contribution in [0.1, 0.15) is 57.6 Å². The van der Waals surface area contributed by atoms with Crippen LogP contribution in [-0.4, -0.2) is 29.8 Å². The first-order valence-corrected chi connectivity index (χ1v) is 8.70. The molecule has 0 saturated carbocycles. The molecule has 1 aliphatic rings. The molecule has 1 atom stereocenters. The van der Waals surface area contributed by atoms with Crippen LogP contribution in [0.15, 0.2) is 30.3 Å². The van der Waals surface area contributed by atoms with Gasteiger partial charge in [0.2, 0.25) is 11.8 Å². The lowest BCUT2D eigenvalue weighted by molar-refractivity contribution is -0.131. The fourth-order valence-corrected chi connectivity index (χ4v) is 3.05. The number of hydrogen-bond acceptors (Lipinski definition) is 2. The zero-order valence-electron chi connectivity index (χ0n) is 14.3. The van der Waals surface area contributed by atoms with Crippen LogP contribution in [0.3, 0.4) is 0 Å². The minimum absolute atomic E-state index is 0.0172. The normalized spacial score (nSPS) is 17.0. The number of nitrogens with one attached hydrogen (secondary N) is 1. The van der Waals surface area contributed by atoms with Gasteiger partial charge in [0.05, 0.1) is 6.04 Å². The summed E-state index contributed by atoms with van der Waals surface area (Å²) in [7, 11) is 0. The molecule has 0 aromatic heterocycles. The van der Waals surface area contributed by atoms with Crippen molar-refractivity contribution in [1.29, 1.82) is 0 Å². The van der Waals surface area contributed by atoms with E-state index in [9.17, 15) is 9.59 Å². The van der Waals surface area contributed by atoms with Crippen LogP contribution < -0.4 is 5.32 Å². The number of rotatable bonds is 6. The van der Waals surface area contributed by atoms with E-state index in [0.29, 0.717) is 25.3 Å². The predicted octanol–water partition coefficient (Wildman–Crippen LogP) is 3.29. The molecule has 4 nitrogen and oxygen atoms in total. The molecule has 1 aromatic rings. The van der Waals surface area contributed by atoms with E-state index in [2.05, 4.69) is 19.2 Å². The van der Waals surface area contributed by atoms with Gasteiger partial charge in [0, 0.05) is 25.9 Å². The molecule has 1 aliphatic heterocycles. The molecule has 23 heavy (non-hydrogen) atoms. The Morgan fingerprint density at radius 3 is 2.61 bits per heavy atom. The van der Waals surface area contributed by atoms with Gasteiger partial charge in [-0.3, -0.25) is 9.59 Å². The van der Waals surface area contributed by atoms with Crippen LogP contribution in [0.25, 0.3) is 0 Å². The van der Waals surface area contributed by atoms with Crippen molar-refractivity contribution in [3.63, 3.8) is 0 Å². The molecule has 2 rings (SSSR count). The third-order valence-corrected chi connectivity index (χ3v) is 4.42. The van der Waals surface area contributed by atoms with Crippen molar-refractivity contribution in [1.82, 2.24) is 10.2 Å². The van der Waals surface area contributed by atoms with E-state index in [4.69, 9.17) is 0 Å². The quantitative estimate of drug-likeness (QED) is 0.875. The zero-order valence-corrected chi connectivity index (χ0v) is 14.3. The largest absolute Gasteiger partial charge is 0.349 e. The number of hydrogen-bond donors (Lipinski definition) is 1. The van der Waals surface area contributed by atoms with Gasteiger partial charge in [-0.15, -0.1) is 0 Å². The smallest absolute Gasteiger partial charge is 0.222 e. The van der Waals surface area contributed by atoms with Gasteiger partial charge in [0.15, 0.2) is 0 Å². The molecule has 2 amide bonds. The second-order valence-electron chi connectivity index (χ2n) is 6.64. The highest BCUT2D eigenvalue weighted by atomic mass is 16.2. The van der Waals surface area contributed by atoms with E-state index in [1.807, 2.05) is 35.2 Å². The molecule has 1 aromatic carbocycles. The first-order valence-electron chi connectivity index (χ1n) is 8.70. The second-order valence-corrected chi connectivity index (χ2v) is 6.64. The van der Waals surface area contributed by atoms with Crippen LogP contribution in [-0.2, 0) is 9.59 Å². The maximum Gasteiger partial charge on any atom is 0.222 e. The average Bonchev–Trinajstić information content (AvgIpc) is 2.75. The lowest BCUT2D eigenvalue weighted by atomic mass is 9.96. The summed E-state index contributed by atoms with van der Waals surface area (Å²) in [5.41, 5.74) is 1.13. The first-order chi connectivity index (χ1) is 11.1. The minimum atomic E-state index is 0.0172. The van der Waals surface area contributed by atoms with Crippen molar-refractivity contribution >= 4 is 11.8 Å². The van der Waals surface area contributed by atoms with E-state index in [0.717, 1.165) is 31.4 Å².